The Morgan fingerprint density at radius 1 is 1.25 bits per heavy atom. The first-order valence-corrected chi connectivity index (χ1v) is 8.32. The van der Waals surface area contributed by atoms with Gasteiger partial charge in [0.1, 0.15) is 11.8 Å². The first-order valence-electron chi connectivity index (χ1n) is 7.19. The molecule has 2 rings (SSSR count). The fourth-order valence-electron chi connectivity index (χ4n) is 2.73. The van der Waals surface area contributed by atoms with E-state index in [2.05, 4.69) is 34.1 Å². The van der Waals surface area contributed by atoms with Gasteiger partial charge in [-0.25, -0.2) is 0 Å². The van der Waals surface area contributed by atoms with Gasteiger partial charge in [-0.05, 0) is 36.5 Å². The Morgan fingerprint density at radius 2 is 1.95 bits per heavy atom. The first-order chi connectivity index (χ1) is 9.83. The molecule has 1 fully saturated rings. The zero-order chi connectivity index (χ0) is 14.2. The lowest BCUT2D eigenvalue weighted by Gasteiger charge is -2.23. The number of ether oxygens (including phenoxy) is 1. The molecule has 0 aliphatic heterocycles. The van der Waals surface area contributed by atoms with Crippen molar-refractivity contribution in [1.29, 1.82) is 5.26 Å². The van der Waals surface area contributed by atoms with Crippen molar-refractivity contribution in [2.24, 2.45) is 5.92 Å². The fraction of sp³-hybridized carbons (Fsp3) is 0.471. The fourth-order valence-corrected chi connectivity index (χ4v) is 3.35. The third-order valence-electron chi connectivity index (χ3n) is 3.82. The number of allylic oxidation sites excluding steroid dienone is 1. The summed E-state index contributed by atoms with van der Waals surface area (Å²) in [6, 6.07) is 9.94. The predicted octanol–water partition coefficient (Wildman–Crippen LogP) is 4.95. The van der Waals surface area contributed by atoms with Crippen molar-refractivity contribution < 1.29 is 4.74 Å². The normalized spacial score (nSPS) is 16.7. The number of alkyl halides is 1. The standard InChI is InChI=1S/C17H20BrNO/c18-13-16(15-4-2-1-3-5-15)12-14-6-8-17(9-7-14)20-11-10-19/h6-9,12,15H,1-5,11,13H2/b16-12-. The van der Waals surface area contributed by atoms with Crippen LogP contribution in [0, 0.1) is 17.2 Å². The van der Waals surface area contributed by atoms with Gasteiger partial charge in [-0.2, -0.15) is 5.26 Å². The van der Waals surface area contributed by atoms with Gasteiger partial charge in [-0.1, -0.05) is 59.0 Å². The molecule has 20 heavy (non-hydrogen) atoms. The van der Waals surface area contributed by atoms with E-state index in [4.69, 9.17) is 10.00 Å². The lowest BCUT2D eigenvalue weighted by molar-refractivity contribution is 0.368. The minimum absolute atomic E-state index is 0.101. The predicted molar refractivity (Wildman–Crippen MR) is 85.9 cm³/mol. The molecule has 106 valence electrons. The van der Waals surface area contributed by atoms with Crippen molar-refractivity contribution in [2.75, 3.05) is 11.9 Å². The molecule has 0 spiro atoms. The van der Waals surface area contributed by atoms with Gasteiger partial charge in [0.15, 0.2) is 6.61 Å². The van der Waals surface area contributed by atoms with E-state index >= 15 is 0 Å². The third-order valence-corrected chi connectivity index (χ3v) is 4.47. The Kier molecular flexibility index (Phi) is 6.14. The summed E-state index contributed by atoms with van der Waals surface area (Å²) in [5, 5.41) is 9.44. The van der Waals surface area contributed by atoms with Crippen LogP contribution in [-0.4, -0.2) is 11.9 Å². The molecule has 0 N–H and O–H groups in total. The summed E-state index contributed by atoms with van der Waals surface area (Å²) >= 11 is 3.63. The Morgan fingerprint density at radius 3 is 2.55 bits per heavy atom. The van der Waals surface area contributed by atoms with Crippen molar-refractivity contribution in [3.63, 3.8) is 0 Å². The van der Waals surface area contributed by atoms with Crippen LogP contribution in [0.3, 0.4) is 0 Å². The lowest BCUT2D eigenvalue weighted by Crippen LogP contribution is -2.10. The maximum atomic E-state index is 8.49. The molecule has 3 heteroatoms. The molecule has 1 saturated carbocycles. The van der Waals surface area contributed by atoms with E-state index in [1.165, 1.54) is 43.2 Å². The third kappa shape index (κ3) is 4.38. The molecule has 0 unspecified atom stereocenters. The Hall–Kier alpha value is -1.27. The van der Waals surface area contributed by atoms with Gasteiger partial charge in [0.2, 0.25) is 0 Å². The molecule has 0 bridgehead atoms. The summed E-state index contributed by atoms with van der Waals surface area (Å²) in [6.45, 7) is 0.101. The van der Waals surface area contributed by atoms with E-state index in [0.717, 1.165) is 17.0 Å². The first kappa shape index (κ1) is 15.1. The van der Waals surface area contributed by atoms with Crippen LogP contribution in [-0.2, 0) is 0 Å². The second-order valence-electron chi connectivity index (χ2n) is 5.20. The second-order valence-corrected chi connectivity index (χ2v) is 5.76. The zero-order valence-corrected chi connectivity index (χ0v) is 13.2. The number of hydrogen-bond donors (Lipinski definition) is 0. The van der Waals surface area contributed by atoms with Gasteiger partial charge in [0.25, 0.3) is 0 Å². The molecule has 0 radical (unpaired) electrons. The Bertz CT molecular complexity index is 481. The quantitative estimate of drug-likeness (QED) is 0.714. The van der Waals surface area contributed by atoms with Gasteiger partial charge in [0.05, 0.1) is 0 Å². The summed E-state index contributed by atoms with van der Waals surface area (Å²) in [6.07, 6.45) is 9.03. The van der Waals surface area contributed by atoms with Crippen LogP contribution in [0.4, 0.5) is 0 Å². The van der Waals surface area contributed by atoms with Crippen molar-refractivity contribution in [2.45, 2.75) is 32.1 Å². The number of rotatable bonds is 5. The average molecular weight is 334 g/mol. The van der Waals surface area contributed by atoms with E-state index in [1.54, 1.807) is 0 Å². The van der Waals surface area contributed by atoms with E-state index in [-0.39, 0.29) is 6.61 Å². The zero-order valence-electron chi connectivity index (χ0n) is 11.6. The summed E-state index contributed by atoms with van der Waals surface area (Å²) in [5.74, 6) is 1.49. The molecule has 1 aromatic rings. The van der Waals surface area contributed by atoms with Crippen LogP contribution in [0.2, 0.25) is 0 Å². The molecular weight excluding hydrogens is 314 g/mol. The number of halogens is 1. The van der Waals surface area contributed by atoms with E-state index in [9.17, 15) is 0 Å². The largest absolute Gasteiger partial charge is 0.479 e. The summed E-state index contributed by atoms with van der Waals surface area (Å²) < 4.78 is 5.27. The van der Waals surface area contributed by atoms with Crippen LogP contribution in [0.25, 0.3) is 6.08 Å². The van der Waals surface area contributed by atoms with Crippen LogP contribution < -0.4 is 4.74 Å². The Labute approximate surface area is 129 Å². The summed E-state index contributed by atoms with van der Waals surface area (Å²) in [5.41, 5.74) is 2.70. The molecular formula is C17H20BrNO. The highest BCUT2D eigenvalue weighted by Gasteiger charge is 2.16. The van der Waals surface area contributed by atoms with E-state index in [0.29, 0.717) is 0 Å². The van der Waals surface area contributed by atoms with Crippen LogP contribution in [0.15, 0.2) is 29.8 Å². The minimum Gasteiger partial charge on any atom is -0.479 e. The number of nitriles is 1. The highest BCUT2D eigenvalue weighted by molar-refractivity contribution is 9.09. The lowest BCUT2D eigenvalue weighted by atomic mass is 9.84. The number of benzene rings is 1. The SMILES string of the molecule is N#CCOc1ccc(/C=C(/CBr)C2CCCCC2)cc1. The van der Waals surface area contributed by atoms with Crippen molar-refractivity contribution >= 4 is 22.0 Å². The second kappa shape index (κ2) is 8.11. The maximum absolute atomic E-state index is 8.49. The van der Waals surface area contributed by atoms with Crippen LogP contribution >= 0.6 is 15.9 Å². The molecule has 1 aromatic carbocycles. The summed E-state index contributed by atoms with van der Waals surface area (Å²) in [4.78, 5) is 0. The molecule has 0 saturated heterocycles. The molecule has 2 nitrogen and oxygen atoms in total. The molecule has 0 heterocycles. The van der Waals surface area contributed by atoms with E-state index in [1.807, 2.05) is 18.2 Å². The van der Waals surface area contributed by atoms with Gasteiger partial charge < -0.3 is 4.74 Å². The Balaban J connectivity index is 2.05. The van der Waals surface area contributed by atoms with Crippen molar-refractivity contribution in [3.8, 4) is 11.8 Å². The van der Waals surface area contributed by atoms with Crippen LogP contribution in [0.5, 0.6) is 5.75 Å². The molecule has 0 amide bonds. The van der Waals surface area contributed by atoms with E-state index < -0.39 is 0 Å². The van der Waals surface area contributed by atoms with Crippen molar-refractivity contribution in [3.05, 3.63) is 35.4 Å². The highest BCUT2D eigenvalue weighted by Crippen LogP contribution is 2.31. The van der Waals surface area contributed by atoms with Gasteiger partial charge in [0, 0.05) is 5.33 Å². The minimum atomic E-state index is 0.101. The van der Waals surface area contributed by atoms with Crippen LogP contribution in [0.1, 0.15) is 37.7 Å². The molecule has 1 aliphatic carbocycles. The van der Waals surface area contributed by atoms with Crippen molar-refractivity contribution in [1.82, 2.24) is 0 Å². The number of hydrogen-bond acceptors (Lipinski definition) is 2. The van der Waals surface area contributed by atoms with Gasteiger partial charge in [-0.15, -0.1) is 0 Å². The maximum Gasteiger partial charge on any atom is 0.174 e. The smallest absolute Gasteiger partial charge is 0.174 e. The van der Waals surface area contributed by atoms with Gasteiger partial charge in [-0.3, -0.25) is 0 Å². The monoisotopic (exact) mass is 333 g/mol. The topological polar surface area (TPSA) is 33.0 Å². The summed E-state index contributed by atoms with van der Waals surface area (Å²) in [7, 11) is 0. The average Bonchev–Trinajstić information content (AvgIpc) is 2.52. The number of nitrogens with zero attached hydrogens (tertiary/aromatic N) is 1. The molecule has 0 atom stereocenters. The molecule has 0 aromatic heterocycles. The highest BCUT2D eigenvalue weighted by atomic mass is 79.9. The van der Waals surface area contributed by atoms with Gasteiger partial charge >= 0.3 is 0 Å². The molecule has 1 aliphatic rings.